The predicted molar refractivity (Wildman–Crippen MR) is 98.1 cm³/mol. The number of aliphatic hydroxyl groups excluding tert-OH is 1. The third-order valence-electron chi connectivity index (χ3n) is 5.96. The Labute approximate surface area is 146 Å². The number of hydrogen-bond donors (Lipinski definition) is 2. The maximum atomic E-state index is 9.47. The summed E-state index contributed by atoms with van der Waals surface area (Å²) in [6, 6.07) is 6.92. The molecule has 1 aliphatic heterocycles. The first-order chi connectivity index (χ1) is 11.6. The first-order valence-electron chi connectivity index (χ1n) is 9.76. The van der Waals surface area contributed by atoms with Crippen molar-refractivity contribution < 1.29 is 9.84 Å². The predicted octanol–water partition coefficient (Wildman–Crippen LogP) is 4.06. The van der Waals surface area contributed by atoms with Crippen molar-refractivity contribution in [3.63, 3.8) is 0 Å². The highest BCUT2D eigenvalue weighted by molar-refractivity contribution is 5.36. The van der Waals surface area contributed by atoms with E-state index in [1.165, 1.54) is 48.8 Å². The first-order valence-corrected chi connectivity index (χ1v) is 9.76. The summed E-state index contributed by atoms with van der Waals surface area (Å²) in [5.74, 6) is 0.485. The number of benzene rings is 1. The number of aliphatic hydroxyl groups is 1. The van der Waals surface area contributed by atoms with E-state index >= 15 is 0 Å². The summed E-state index contributed by atoms with van der Waals surface area (Å²) in [5, 5.41) is 9.47. The van der Waals surface area contributed by atoms with Crippen LogP contribution in [-0.4, -0.2) is 23.4 Å². The Kier molecular flexibility index (Phi) is 5.96. The lowest BCUT2D eigenvalue weighted by atomic mass is 9.89. The highest BCUT2D eigenvalue weighted by atomic mass is 16.5. The van der Waals surface area contributed by atoms with Crippen LogP contribution in [0.2, 0.25) is 0 Å². The van der Waals surface area contributed by atoms with E-state index in [1.54, 1.807) is 0 Å². The van der Waals surface area contributed by atoms with E-state index in [9.17, 15) is 5.11 Å². The molecule has 1 heterocycles. The third kappa shape index (κ3) is 4.19. The standard InChI is InChI=1S/C21H33NO2/c1-2-3-4-5-6-20-12-17-8-7-16(11-19(17)14-24-20)18-9-10-21(22,13-18)15-23/h7-8,11,18,20,23H,2-6,9-10,12-15,22H2,1H3/t18?,20-,21+/m0/s1. The number of rotatable bonds is 7. The molecule has 0 bridgehead atoms. The molecule has 134 valence electrons. The Morgan fingerprint density at radius 1 is 1.25 bits per heavy atom. The average molecular weight is 332 g/mol. The quantitative estimate of drug-likeness (QED) is 0.741. The monoisotopic (exact) mass is 331 g/mol. The number of fused-ring (bicyclic) bond motifs is 1. The molecule has 0 spiro atoms. The molecule has 0 aromatic heterocycles. The molecule has 1 fully saturated rings. The van der Waals surface area contributed by atoms with Crippen molar-refractivity contribution in [1.82, 2.24) is 0 Å². The lowest BCUT2D eigenvalue weighted by Gasteiger charge is -2.27. The summed E-state index contributed by atoms with van der Waals surface area (Å²) in [5.41, 5.74) is 10.1. The van der Waals surface area contributed by atoms with Crippen molar-refractivity contribution in [2.75, 3.05) is 6.61 Å². The van der Waals surface area contributed by atoms with Crippen molar-refractivity contribution >= 4 is 0 Å². The van der Waals surface area contributed by atoms with E-state index < -0.39 is 0 Å². The van der Waals surface area contributed by atoms with Gasteiger partial charge in [-0.2, -0.15) is 0 Å². The van der Waals surface area contributed by atoms with Crippen molar-refractivity contribution in [3.05, 3.63) is 34.9 Å². The molecular weight excluding hydrogens is 298 g/mol. The smallest absolute Gasteiger partial charge is 0.0723 e. The van der Waals surface area contributed by atoms with Crippen molar-refractivity contribution in [1.29, 1.82) is 0 Å². The van der Waals surface area contributed by atoms with Gasteiger partial charge in [-0.15, -0.1) is 0 Å². The van der Waals surface area contributed by atoms with Crippen LogP contribution >= 0.6 is 0 Å². The van der Waals surface area contributed by atoms with Crippen molar-refractivity contribution in [3.8, 4) is 0 Å². The normalized spacial score (nSPS) is 29.6. The second kappa shape index (κ2) is 7.99. The fraction of sp³-hybridized carbons (Fsp3) is 0.714. The van der Waals surface area contributed by atoms with Gasteiger partial charge in [0.1, 0.15) is 0 Å². The van der Waals surface area contributed by atoms with Crippen LogP contribution in [0, 0.1) is 0 Å². The molecular formula is C21H33NO2. The van der Waals surface area contributed by atoms with Crippen LogP contribution in [-0.2, 0) is 17.8 Å². The highest BCUT2D eigenvalue weighted by Gasteiger charge is 2.36. The summed E-state index contributed by atoms with van der Waals surface area (Å²) in [6.07, 6.45) is 10.8. The molecule has 2 aliphatic rings. The van der Waals surface area contributed by atoms with E-state index in [0.717, 1.165) is 32.3 Å². The number of unbranched alkanes of at least 4 members (excludes halogenated alkanes) is 3. The molecule has 24 heavy (non-hydrogen) atoms. The molecule has 1 saturated carbocycles. The zero-order valence-electron chi connectivity index (χ0n) is 15.1. The Bertz CT molecular complexity index is 545. The van der Waals surface area contributed by atoms with E-state index in [2.05, 4.69) is 25.1 Å². The number of ether oxygens (including phenoxy) is 1. The molecule has 3 nitrogen and oxygen atoms in total. The Morgan fingerprint density at radius 3 is 2.88 bits per heavy atom. The van der Waals surface area contributed by atoms with Crippen LogP contribution in [0.4, 0.5) is 0 Å². The fourth-order valence-electron chi connectivity index (χ4n) is 4.31. The summed E-state index contributed by atoms with van der Waals surface area (Å²) in [6.45, 7) is 3.10. The average Bonchev–Trinajstić information content (AvgIpc) is 3.01. The first kappa shape index (κ1) is 17.9. The zero-order chi connectivity index (χ0) is 17.0. The molecule has 3 heteroatoms. The Hall–Kier alpha value is -0.900. The molecule has 3 rings (SSSR count). The number of hydrogen-bond acceptors (Lipinski definition) is 3. The summed E-state index contributed by atoms with van der Waals surface area (Å²) >= 11 is 0. The minimum absolute atomic E-state index is 0.0945. The van der Waals surface area contributed by atoms with Gasteiger partial charge in [0.05, 0.1) is 19.3 Å². The summed E-state index contributed by atoms with van der Waals surface area (Å²) in [7, 11) is 0. The van der Waals surface area contributed by atoms with Gasteiger partial charge in [-0.1, -0.05) is 50.8 Å². The van der Waals surface area contributed by atoms with Crippen LogP contribution in [0.5, 0.6) is 0 Å². The minimum atomic E-state index is -0.374. The van der Waals surface area contributed by atoms with Gasteiger partial charge in [0.25, 0.3) is 0 Å². The van der Waals surface area contributed by atoms with Crippen molar-refractivity contribution in [2.45, 2.75) is 88.9 Å². The van der Waals surface area contributed by atoms with Gasteiger partial charge >= 0.3 is 0 Å². The summed E-state index contributed by atoms with van der Waals surface area (Å²) < 4.78 is 6.10. The molecule has 0 saturated heterocycles. The topological polar surface area (TPSA) is 55.5 Å². The molecule has 1 aromatic carbocycles. The van der Waals surface area contributed by atoms with Gasteiger partial charge in [0, 0.05) is 5.54 Å². The van der Waals surface area contributed by atoms with Gasteiger partial charge in [0.15, 0.2) is 0 Å². The van der Waals surface area contributed by atoms with Gasteiger partial charge in [0.2, 0.25) is 0 Å². The van der Waals surface area contributed by atoms with Crippen LogP contribution in [0.1, 0.15) is 80.9 Å². The molecule has 1 unspecified atom stereocenters. The van der Waals surface area contributed by atoms with Gasteiger partial charge in [-0.3, -0.25) is 0 Å². The maximum absolute atomic E-state index is 9.47. The Balaban J connectivity index is 1.58. The van der Waals surface area contributed by atoms with Crippen molar-refractivity contribution in [2.24, 2.45) is 5.73 Å². The van der Waals surface area contributed by atoms with Gasteiger partial charge in [-0.25, -0.2) is 0 Å². The highest BCUT2D eigenvalue weighted by Crippen LogP contribution is 2.40. The van der Waals surface area contributed by atoms with E-state index in [0.29, 0.717) is 12.0 Å². The molecule has 1 aliphatic carbocycles. The minimum Gasteiger partial charge on any atom is -0.394 e. The maximum Gasteiger partial charge on any atom is 0.0723 e. The lowest BCUT2D eigenvalue weighted by Crippen LogP contribution is -2.40. The molecule has 1 aromatic rings. The molecule has 3 N–H and O–H groups in total. The molecule has 3 atom stereocenters. The molecule has 0 radical (unpaired) electrons. The van der Waals surface area contributed by atoms with Crippen LogP contribution in [0.3, 0.4) is 0 Å². The van der Waals surface area contributed by atoms with E-state index in [-0.39, 0.29) is 12.1 Å². The van der Waals surface area contributed by atoms with Crippen LogP contribution < -0.4 is 5.73 Å². The van der Waals surface area contributed by atoms with E-state index in [1.807, 2.05) is 0 Å². The fourth-order valence-corrected chi connectivity index (χ4v) is 4.31. The second-order valence-corrected chi connectivity index (χ2v) is 7.97. The van der Waals surface area contributed by atoms with Gasteiger partial charge < -0.3 is 15.6 Å². The van der Waals surface area contributed by atoms with Crippen LogP contribution in [0.25, 0.3) is 0 Å². The van der Waals surface area contributed by atoms with E-state index in [4.69, 9.17) is 10.5 Å². The van der Waals surface area contributed by atoms with Crippen LogP contribution in [0.15, 0.2) is 18.2 Å². The SMILES string of the molecule is CCCCCC[C@H]1Cc2ccc(C3CC[C@](N)(CO)C3)cc2CO1. The summed E-state index contributed by atoms with van der Waals surface area (Å²) in [4.78, 5) is 0. The Morgan fingerprint density at radius 2 is 2.12 bits per heavy atom. The lowest BCUT2D eigenvalue weighted by molar-refractivity contribution is 0.0216. The zero-order valence-corrected chi connectivity index (χ0v) is 15.1. The second-order valence-electron chi connectivity index (χ2n) is 7.97. The molecule has 0 amide bonds. The van der Waals surface area contributed by atoms with Gasteiger partial charge in [-0.05, 0) is 54.7 Å². The largest absolute Gasteiger partial charge is 0.394 e. The third-order valence-corrected chi connectivity index (χ3v) is 5.96. The number of nitrogens with two attached hydrogens (primary N) is 1.